The number of hydrogen-bond donors (Lipinski definition) is 2. The summed E-state index contributed by atoms with van der Waals surface area (Å²) in [5.74, 6) is 2.60. The maximum atomic E-state index is 8.82. The first kappa shape index (κ1) is 14.3. The monoisotopic (exact) mass is 317 g/mol. The third-order valence-corrected chi connectivity index (χ3v) is 4.87. The molecule has 0 bridgehead atoms. The molecule has 108 valence electrons. The summed E-state index contributed by atoms with van der Waals surface area (Å²) in [6.45, 7) is 0.166. The van der Waals surface area contributed by atoms with Gasteiger partial charge in [0, 0.05) is 16.7 Å². The fourth-order valence-electron chi connectivity index (χ4n) is 2.14. The summed E-state index contributed by atoms with van der Waals surface area (Å²) >= 11 is 3.19. The molecule has 0 atom stereocenters. The zero-order valence-electron chi connectivity index (χ0n) is 11.3. The van der Waals surface area contributed by atoms with Crippen LogP contribution in [0.15, 0.2) is 35.7 Å². The number of anilines is 1. The average Bonchev–Trinajstić information content (AvgIpc) is 2.93. The van der Waals surface area contributed by atoms with Crippen LogP contribution in [0, 0.1) is 0 Å². The van der Waals surface area contributed by atoms with Crippen LogP contribution in [0.5, 0.6) is 0 Å². The quantitative estimate of drug-likeness (QED) is 0.707. The Hall–Kier alpha value is -1.63. The molecule has 0 unspecified atom stereocenters. The number of thioether (sulfide) groups is 1. The van der Waals surface area contributed by atoms with E-state index in [2.05, 4.69) is 27.5 Å². The van der Waals surface area contributed by atoms with Gasteiger partial charge in [-0.2, -0.15) is 11.8 Å². The second-order valence-electron chi connectivity index (χ2n) is 4.50. The van der Waals surface area contributed by atoms with E-state index in [4.69, 9.17) is 10.8 Å². The molecule has 0 amide bonds. The molecule has 0 spiro atoms. The lowest BCUT2D eigenvalue weighted by Gasteiger charge is -2.04. The van der Waals surface area contributed by atoms with Crippen LogP contribution in [0.2, 0.25) is 0 Å². The van der Waals surface area contributed by atoms with Crippen molar-refractivity contribution in [3.63, 3.8) is 0 Å². The van der Waals surface area contributed by atoms with Gasteiger partial charge in [-0.1, -0.05) is 30.3 Å². The van der Waals surface area contributed by atoms with E-state index < -0.39 is 0 Å². The molecule has 2 heterocycles. The number of thiophene rings is 1. The van der Waals surface area contributed by atoms with E-state index in [-0.39, 0.29) is 6.61 Å². The number of nitrogens with two attached hydrogens (primary N) is 1. The third-order valence-electron chi connectivity index (χ3n) is 3.06. The van der Waals surface area contributed by atoms with Crippen LogP contribution in [0.4, 0.5) is 5.82 Å². The molecule has 0 fully saturated rings. The van der Waals surface area contributed by atoms with E-state index in [1.165, 1.54) is 0 Å². The molecule has 0 radical (unpaired) electrons. The molecule has 0 aliphatic carbocycles. The van der Waals surface area contributed by atoms with Gasteiger partial charge in [-0.3, -0.25) is 0 Å². The molecule has 3 rings (SSSR count). The molecule has 21 heavy (non-hydrogen) atoms. The summed E-state index contributed by atoms with van der Waals surface area (Å²) in [6.07, 6.45) is 0. The minimum absolute atomic E-state index is 0.166. The molecule has 1 aromatic carbocycles. The van der Waals surface area contributed by atoms with Crippen molar-refractivity contribution in [1.82, 2.24) is 9.97 Å². The van der Waals surface area contributed by atoms with Crippen molar-refractivity contribution in [2.45, 2.75) is 5.75 Å². The van der Waals surface area contributed by atoms with Gasteiger partial charge in [-0.25, -0.2) is 9.97 Å². The predicted octanol–water partition coefficient (Wildman–Crippen LogP) is 3.17. The molecule has 6 heteroatoms. The van der Waals surface area contributed by atoms with Crippen molar-refractivity contribution in [2.75, 3.05) is 18.1 Å². The summed E-state index contributed by atoms with van der Waals surface area (Å²) in [6, 6.07) is 10.1. The van der Waals surface area contributed by atoms with E-state index in [9.17, 15) is 0 Å². The lowest BCUT2D eigenvalue weighted by atomic mass is 10.1. The van der Waals surface area contributed by atoms with Crippen LogP contribution in [-0.2, 0) is 5.75 Å². The SMILES string of the molecule is Nc1nc(CSCCO)nc2scc(-c3ccccc3)c12. The highest BCUT2D eigenvalue weighted by Gasteiger charge is 2.13. The van der Waals surface area contributed by atoms with Crippen molar-refractivity contribution in [3.8, 4) is 11.1 Å². The third kappa shape index (κ3) is 3.02. The number of rotatable bonds is 5. The highest BCUT2D eigenvalue weighted by atomic mass is 32.2. The fraction of sp³-hybridized carbons (Fsp3) is 0.200. The Morgan fingerprint density at radius 2 is 2.00 bits per heavy atom. The number of aliphatic hydroxyl groups is 1. The molecular formula is C15H15N3OS2. The Labute approximate surface area is 131 Å². The van der Waals surface area contributed by atoms with Crippen LogP contribution in [0.3, 0.4) is 0 Å². The second kappa shape index (κ2) is 6.43. The summed E-state index contributed by atoms with van der Waals surface area (Å²) in [7, 11) is 0. The molecule has 0 aliphatic heterocycles. The second-order valence-corrected chi connectivity index (χ2v) is 6.46. The topological polar surface area (TPSA) is 72.0 Å². The van der Waals surface area contributed by atoms with Gasteiger partial charge >= 0.3 is 0 Å². The number of nitrogen functional groups attached to an aromatic ring is 1. The van der Waals surface area contributed by atoms with Crippen LogP contribution < -0.4 is 5.73 Å². The zero-order chi connectivity index (χ0) is 14.7. The first-order chi connectivity index (χ1) is 10.3. The van der Waals surface area contributed by atoms with Crippen molar-refractivity contribution < 1.29 is 5.11 Å². The number of aromatic nitrogens is 2. The Bertz CT molecular complexity index is 743. The average molecular weight is 317 g/mol. The Balaban J connectivity index is 1.99. The first-order valence-electron chi connectivity index (χ1n) is 6.57. The molecule has 2 aromatic heterocycles. The Morgan fingerprint density at radius 1 is 1.19 bits per heavy atom. The van der Waals surface area contributed by atoms with Crippen LogP contribution in [-0.4, -0.2) is 27.4 Å². The van der Waals surface area contributed by atoms with Gasteiger partial charge in [0.05, 0.1) is 17.7 Å². The summed E-state index contributed by atoms with van der Waals surface area (Å²) in [5.41, 5.74) is 8.35. The van der Waals surface area contributed by atoms with Crippen LogP contribution in [0.1, 0.15) is 5.82 Å². The van der Waals surface area contributed by atoms with Crippen LogP contribution >= 0.6 is 23.1 Å². The Kier molecular flexibility index (Phi) is 4.38. The molecule has 0 saturated carbocycles. The number of benzene rings is 1. The van der Waals surface area contributed by atoms with Gasteiger partial charge in [0.25, 0.3) is 0 Å². The molecule has 4 nitrogen and oxygen atoms in total. The van der Waals surface area contributed by atoms with E-state index in [1.807, 2.05) is 18.2 Å². The summed E-state index contributed by atoms with van der Waals surface area (Å²) in [4.78, 5) is 9.90. The molecule has 3 aromatic rings. The minimum atomic E-state index is 0.166. The van der Waals surface area contributed by atoms with E-state index in [1.54, 1.807) is 23.1 Å². The number of hydrogen-bond acceptors (Lipinski definition) is 6. The lowest BCUT2D eigenvalue weighted by molar-refractivity contribution is 0.322. The maximum absolute atomic E-state index is 8.82. The number of aliphatic hydroxyl groups excluding tert-OH is 1. The lowest BCUT2D eigenvalue weighted by Crippen LogP contribution is -2.00. The van der Waals surface area contributed by atoms with Gasteiger partial charge in [0.15, 0.2) is 0 Å². The molecule has 0 saturated heterocycles. The highest BCUT2D eigenvalue weighted by molar-refractivity contribution is 7.98. The molecule has 0 aliphatic rings. The minimum Gasteiger partial charge on any atom is -0.396 e. The summed E-state index contributed by atoms with van der Waals surface area (Å²) in [5, 5.41) is 11.8. The van der Waals surface area contributed by atoms with Gasteiger partial charge < -0.3 is 10.8 Å². The van der Waals surface area contributed by atoms with E-state index in [0.717, 1.165) is 27.2 Å². The smallest absolute Gasteiger partial charge is 0.142 e. The predicted molar refractivity (Wildman–Crippen MR) is 90.5 cm³/mol. The summed E-state index contributed by atoms with van der Waals surface area (Å²) < 4.78 is 0. The Morgan fingerprint density at radius 3 is 2.76 bits per heavy atom. The van der Waals surface area contributed by atoms with Gasteiger partial charge in [-0.15, -0.1) is 11.3 Å². The number of nitrogens with zero attached hydrogens (tertiary/aromatic N) is 2. The molecular weight excluding hydrogens is 302 g/mol. The molecule has 3 N–H and O–H groups in total. The van der Waals surface area contributed by atoms with Crippen molar-refractivity contribution in [3.05, 3.63) is 41.5 Å². The van der Waals surface area contributed by atoms with E-state index in [0.29, 0.717) is 17.3 Å². The fourth-order valence-corrected chi connectivity index (χ4v) is 3.70. The van der Waals surface area contributed by atoms with Crippen LogP contribution in [0.25, 0.3) is 21.3 Å². The van der Waals surface area contributed by atoms with Crippen molar-refractivity contribution in [2.24, 2.45) is 0 Å². The highest BCUT2D eigenvalue weighted by Crippen LogP contribution is 2.35. The van der Waals surface area contributed by atoms with Gasteiger partial charge in [-0.05, 0) is 5.56 Å². The number of fused-ring (bicyclic) bond motifs is 1. The largest absolute Gasteiger partial charge is 0.396 e. The normalized spacial score (nSPS) is 11.1. The first-order valence-corrected chi connectivity index (χ1v) is 8.60. The maximum Gasteiger partial charge on any atom is 0.142 e. The van der Waals surface area contributed by atoms with Crippen molar-refractivity contribution in [1.29, 1.82) is 0 Å². The van der Waals surface area contributed by atoms with E-state index >= 15 is 0 Å². The standard InChI is InChI=1S/C15H15N3OS2/c16-14-13-11(10-4-2-1-3-5-10)8-21-15(13)18-12(17-14)9-20-7-6-19/h1-5,8,19H,6-7,9H2,(H2,16,17,18). The van der Waals surface area contributed by atoms with Gasteiger partial charge in [0.2, 0.25) is 0 Å². The van der Waals surface area contributed by atoms with Gasteiger partial charge in [0.1, 0.15) is 16.5 Å². The zero-order valence-corrected chi connectivity index (χ0v) is 13.0. The van der Waals surface area contributed by atoms with Crippen molar-refractivity contribution >= 4 is 39.1 Å².